The van der Waals surface area contributed by atoms with Gasteiger partial charge in [-0.2, -0.15) is 0 Å². The minimum absolute atomic E-state index is 0.0674. The maximum absolute atomic E-state index is 11.3. The van der Waals surface area contributed by atoms with E-state index in [-0.39, 0.29) is 23.9 Å². The van der Waals surface area contributed by atoms with Crippen LogP contribution in [0.5, 0.6) is 0 Å². The second-order valence-electron chi connectivity index (χ2n) is 3.86. The lowest BCUT2D eigenvalue weighted by atomic mass is 10.1. The van der Waals surface area contributed by atoms with Gasteiger partial charge in [0.2, 0.25) is 5.91 Å². The molecule has 0 aliphatic heterocycles. The molecule has 0 aromatic heterocycles. The van der Waals surface area contributed by atoms with Gasteiger partial charge in [0, 0.05) is 18.0 Å². The van der Waals surface area contributed by atoms with Crippen LogP contribution < -0.4 is 11.1 Å². The Morgan fingerprint density at radius 3 is 2.58 bits per heavy atom. The van der Waals surface area contributed by atoms with Crippen molar-refractivity contribution in [3.05, 3.63) is 0 Å². The average molecular weight is 170 g/mol. The summed E-state index contributed by atoms with van der Waals surface area (Å²) >= 11 is 0. The third-order valence-corrected chi connectivity index (χ3v) is 2.42. The number of carbonyl (C=O) groups is 1. The highest BCUT2D eigenvalue weighted by Crippen LogP contribution is 2.17. The number of amides is 1. The second kappa shape index (κ2) is 3.90. The van der Waals surface area contributed by atoms with E-state index in [0.29, 0.717) is 0 Å². The third-order valence-electron chi connectivity index (χ3n) is 2.42. The minimum Gasteiger partial charge on any atom is -0.352 e. The van der Waals surface area contributed by atoms with Crippen LogP contribution in [-0.4, -0.2) is 18.0 Å². The Morgan fingerprint density at radius 2 is 2.17 bits per heavy atom. The topological polar surface area (TPSA) is 55.1 Å². The normalized spacial score (nSPS) is 29.3. The Bertz CT molecular complexity index is 168. The molecule has 0 aromatic carbocycles. The van der Waals surface area contributed by atoms with Gasteiger partial charge >= 0.3 is 0 Å². The number of rotatable bonds is 2. The van der Waals surface area contributed by atoms with E-state index in [2.05, 4.69) is 5.32 Å². The predicted octanol–water partition coefficient (Wildman–Crippen LogP) is 0.638. The lowest BCUT2D eigenvalue weighted by Crippen LogP contribution is -2.45. The van der Waals surface area contributed by atoms with Gasteiger partial charge in [-0.1, -0.05) is 13.8 Å². The molecule has 2 unspecified atom stereocenters. The van der Waals surface area contributed by atoms with Gasteiger partial charge in [0.25, 0.3) is 0 Å². The highest BCUT2D eigenvalue weighted by molar-refractivity contribution is 5.78. The molecule has 0 spiro atoms. The molecular formula is C9H18N2O. The van der Waals surface area contributed by atoms with Gasteiger partial charge in [0.15, 0.2) is 0 Å². The van der Waals surface area contributed by atoms with Crippen LogP contribution in [0.25, 0.3) is 0 Å². The van der Waals surface area contributed by atoms with E-state index >= 15 is 0 Å². The van der Waals surface area contributed by atoms with E-state index < -0.39 is 0 Å². The average Bonchev–Trinajstić information content (AvgIpc) is 2.36. The maximum Gasteiger partial charge on any atom is 0.222 e. The molecule has 0 saturated heterocycles. The first-order valence-electron chi connectivity index (χ1n) is 4.67. The smallest absolute Gasteiger partial charge is 0.222 e. The molecule has 0 bridgehead atoms. The summed E-state index contributed by atoms with van der Waals surface area (Å²) in [5.74, 6) is 0.190. The number of nitrogens with one attached hydrogen (secondary N) is 1. The molecule has 1 amide bonds. The Balaban J connectivity index is 2.35. The van der Waals surface area contributed by atoms with Crippen LogP contribution >= 0.6 is 0 Å². The molecule has 1 rings (SSSR count). The summed E-state index contributed by atoms with van der Waals surface area (Å²) in [6, 6.07) is 0.396. The zero-order valence-corrected chi connectivity index (χ0v) is 7.84. The fourth-order valence-electron chi connectivity index (χ4n) is 1.52. The van der Waals surface area contributed by atoms with Gasteiger partial charge in [-0.25, -0.2) is 0 Å². The quantitative estimate of drug-likeness (QED) is 0.639. The molecule has 3 N–H and O–H groups in total. The van der Waals surface area contributed by atoms with E-state index in [1.165, 1.54) is 0 Å². The molecule has 0 radical (unpaired) electrons. The Labute approximate surface area is 73.7 Å². The summed E-state index contributed by atoms with van der Waals surface area (Å²) in [5.41, 5.74) is 5.81. The SMILES string of the molecule is CC(C)C(=O)NC1CCCC1N. The number of carbonyl (C=O) groups excluding carboxylic acids is 1. The van der Waals surface area contributed by atoms with Crippen molar-refractivity contribution < 1.29 is 4.79 Å². The monoisotopic (exact) mass is 170 g/mol. The summed E-state index contributed by atoms with van der Waals surface area (Å²) in [6.07, 6.45) is 3.23. The fraction of sp³-hybridized carbons (Fsp3) is 0.889. The molecular weight excluding hydrogens is 152 g/mol. The van der Waals surface area contributed by atoms with Crippen molar-refractivity contribution in [1.29, 1.82) is 0 Å². The molecule has 3 nitrogen and oxygen atoms in total. The van der Waals surface area contributed by atoms with E-state index in [1.807, 2.05) is 13.8 Å². The van der Waals surface area contributed by atoms with E-state index in [0.717, 1.165) is 19.3 Å². The Kier molecular flexibility index (Phi) is 3.09. The lowest BCUT2D eigenvalue weighted by molar-refractivity contribution is -0.124. The number of hydrogen-bond donors (Lipinski definition) is 2. The molecule has 1 saturated carbocycles. The minimum atomic E-state index is 0.0674. The van der Waals surface area contributed by atoms with Gasteiger partial charge in [-0.3, -0.25) is 4.79 Å². The van der Waals surface area contributed by atoms with Crippen LogP contribution in [0.4, 0.5) is 0 Å². The Morgan fingerprint density at radius 1 is 1.50 bits per heavy atom. The van der Waals surface area contributed by atoms with Crippen molar-refractivity contribution in [2.75, 3.05) is 0 Å². The van der Waals surface area contributed by atoms with Crippen molar-refractivity contribution >= 4 is 5.91 Å². The standard InChI is InChI=1S/C9H18N2O/c1-6(2)9(12)11-8-5-3-4-7(8)10/h6-8H,3-5,10H2,1-2H3,(H,11,12). The van der Waals surface area contributed by atoms with Gasteiger partial charge in [-0.05, 0) is 19.3 Å². The summed E-state index contributed by atoms with van der Waals surface area (Å²) in [6.45, 7) is 3.80. The molecule has 12 heavy (non-hydrogen) atoms. The fourth-order valence-corrected chi connectivity index (χ4v) is 1.52. The summed E-state index contributed by atoms with van der Waals surface area (Å²) in [7, 11) is 0. The van der Waals surface area contributed by atoms with E-state index in [9.17, 15) is 4.79 Å². The lowest BCUT2D eigenvalue weighted by Gasteiger charge is -2.18. The summed E-state index contributed by atoms with van der Waals surface area (Å²) < 4.78 is 0. The van der Waals surface area contributed by atoms with Crippen molar-refractivity contribution in [1.82, 2.24) is 5.32 Å². The van der Waals surface area contributed by atoms with Crippen molar-refractivity contribution in [2.45, 2.75) is 45.2 Å². The molecule has 1 aliphatic carbocycles. The molecule has 70 valence electrons. The molecule has 2 atom stereocenters. The van der Waals surface area contributed by atoms with Crippen LogP contribution in [0.3, 0.4) is 0 Å². The van der Waals surface area contributed by atoms with Crippen LogP contribution in [0.2, 0.25) is 0 Å². The molecule has 1 aliphatic rings. The molecule has 1 fully saturated rings. The zero-order valence-electron chi connectivity index (χ0n) is 7.84. The first-order chi connectivity index (χ1) is 5.61. The summed E-state index contributed by atoms with van der Waals surface area (Å²) in [5, 5.41) is 2.96. The highest BCUT2D eigenvalue weighted by Gasteiger charge is 2.25. The highest BCUT2D eigenvalue weighted by atomic mass is 16.1. The van der Waals surface area contributed by atoms with E-state index in [1.54, 1.807) is 0 Å². The van der Waals surface area contributed by atoms with Crippen molar-refractivity contribution in [3.63, 3.8) is 0 Å². The van der Waals surface area contributed by atoms with Crippen LogP contribution in [0.1, 0.15) is 33.1 Å². The van der Waals surface area contributed by atoms with Gasteiger partial charge in [-0.15, -0.1) is 0 Å². The largest absolute Gasteiger partial charge is 0.352 e. The first-order valence-corrected chi connectivity index (χ1v) is 4.67. The van der Waals surface area contributed by atoms with Crippen molar-refractivity contribution in [3.8, 4) is 0 Å². The van der Waals surface area contributed by atoms with Crippen LogP contribution in [0.15, 0.2) is 0 Å². The van der Waals surface area contributed by atoms with Gasteiger partial charge < -0.3 is 11.1 Å². The summed E-state index contributed by atoms with van der Waals surface area (Å²) in [4.78, 5) is 11.3. The molecule has 3 heteroatoms. The first kappa shape index (κ1) is 9.52. The second-order valence-corrected chi connectivity index (χ2v) is 3.86. The third kappa shape index (κ3) is 2.21. The van der Waals surface area contributed by atoms with Gasteiger partial charge in [0.05, 0.1) is 0 Å². The van der Waals surface area contributed by atoms with Gasteiger partial charge in [0.1, 0.15) is 0 Å². The number of hydrogen-bond acceptors (Lipinski definition) is 2. The van der Waals surface area contributed by atoms with Crippen LogP contribution in [-0.2, 0) is 4.79 Å². The predicted molar refractivity (Wildman–Crippen MR) is 48.6 cm³/mol. The Hall–Kier alpha value is -0.570. The van der Waals surface area contributed by atoms with Crippen molar-refractivity contribution in [2.24, 2.45) is 11.7 Å². The molecule has 0 aromatic rings. The molecule has 0 heterocycles. The zero-order chi connectivity index (χ0) is 9.14. The number of nitrogens with two attached hydrogens (primary N) is 1. The maximum atomic E-state index is 11.3. The van der Waals surface area contributed by atoms with E-state index in [4.69, 9.17) is 5.73 Å². The van der Waals surface area contributed by atoms with Crippen LogP contribution in [0, 0.1) is 5.92 Å².